The van der Waals surface area contributed by atoms with Gasteiger partial charge in [-0.15, -0.1) is 0 Å². The molecule has 0 bridgehead atoms. The lowest BCUT2D eigenvalue weighted by atomic mass is 10.3. The molecule has 0 fully saturated rings. The van der Waals surface area contributed by atoms with E-state index in [4.69, 9.17) is 5.11 Å². The maximum Gasteiger partial charge on any atom is 0.323 e. The smallest absolute Gasteiger partial charge is 0.323 e. The van der Waals surface area contributed by atoms with Crippen molar-refractivity contribution in [2.45, 2.75) is 40.2 Å². The van der Waals surface area contributed by atoms with Gasteiger partial charge in [-0.3, -0.25) is 14.3 Å². The van der Waals surface area contributed by atoms with Gasteiger partial charge in [0.1, 0.15) is 6.54 Å². The van der Waals surface area contributed by atoms with E-state index < -0.39 is 5.97 Å². The number of hydrogen-bond donors (Lipinski definition) is 1. The standard InChI is InChI=1S/C13H21N3O3/c1-4-6-15(9-13(18)19)12(17)5-7-16-11(3)8-10(2)14-16/h8H,4-7,9H2,1-3H3,(H,18,19). The molecule has 0 saturated heterocycles. The highest BCUT2D eigenvalue weighted by molar-refractivity contribution is 5.81. The number of amides is 1. The van der Waals surface area contributed by atoms with Crippen LogP contribution in [0, 0.1) is 13.8 Å². The number of carboxylic acids is 1. The Morgan fingerprint density at radius 2 is 2.11 bits per heavy atom. The zero-order chi connectivity index (χ0) is 14.4. The first-order chi connectivity index (χ1) is 8.93. The van der Waals surface area contributed by atoms with E-state index in [1.54, 1.807) is 4.68 Å². The normalized spacial score (nSPS) is 10.5. The van der Waals surface area contributed by atoms with E-state index in [0.29, 0.717) is 13.1 Å². The molecule has 1 aromatic rings. The molecule has 0 spiro atoms. The molecule has 1 amide bonds. The molecule has 6 nitrogen and oxygen atoms in total. The molecule has 0 aliphatic carbocycles. The van der Waals surface area contributed by atoms with Crippen LogP contribution in [-0.2, 0) is 16.1 Å². The quantitative estimate of drug-likeness (QED) is 0.805. The van der Waals surface area contributed by atoms with Crippen molar-refractivity contribution in [1.29, 1.82) is 0 Å². The van der Waals surface area contributed by atoms with Gasteiger partial charge in [-0.2, -0.15) is 5.10 Å². The molecule has 0 atom stereocenters. The summed E-state index contributed by atoms with van der Waals surface area (Å²) in [7, 11) is 0. The van der Waals surface area contributed by atoms with Crippen LogP contribution in [-0.4, -0.2) is 44.8 Å². The monoisotopic (exact) mass is 267 g/mol. The Bertz CT molecular complexity index is 454. The Morgan fingerprint density at radius 3 is 2.58 bits per heavy atom. The Balaban J connectivity index is 2.56. The summed E-state index contributed by atoms with van der Waals surface area (Å²) >= 11 is 0. The van der Waals surface area contributed by atoms with Crippen LogP contribution < -0.4 is 0 Å². The first-order valence-electron chi connectivity index (χ1n) is 6.44. The van der Waals surface area contributed by atoms with Crippen LogP contribution in [0.15, 0.2) is 6.07 Å². The molecule has 0 aliphatic rings. The summed E-state index contributed by atoms with van der Waals surface area (Å²) in [4.78, 5) is 24.1. The molecule has 0 aromatic carbocycles. The first-order valence-corrected chi connectivity index (χ1v) is 6.44. The fraction of sp³-hybridized carbons (Fsp3) is 0.615. The number of aliphatic carboxylic acids is 1. The number of carboxylic acid groups (broad SMARTS) is 1. The largest absolute Gasteiger partial charge is 0.480 e. The molecule has 1 heterocycles. The highest BCUT2D eigenvalue weighted by Crippen LogP contribution is 2.04. The predicted octanol–water partition coefficient (Wildman–Crippen LogP) is 1.21. The summed E-state index contributed by atoms with van der Waals surface area (Å²) < 4.78 is 1.78. The summed E-state index contributed by atoms with van der Waals surface area (Å²) in [5, 5.41) is 13.1. The van der Waals surface area contributed by atoms with Crippen molar-refractivity contribution in [2.24, 2.45) is 0 Å². The summed E-state index contributed by atoms with van der Waals surface area (Å²) in [5.41, 5.74) is 1.92. The minimum atomic E-state index is -0.979. The highest BCUT2D eigenvalue weighted by Gasteiger charge is 2.16. The molecule has 6 heteroatoms. The number of hydrogen-bond acceptors (Lipinski definition) is 3. The average molecular weight is 267 g/mol. The first kappa shape index (κ1) is 15.2. The number of rotatable bonds is 7. The zero-order valence-electron chi connectivity index (χ0n) is 11.7. The van der Waals surface area contributed by atoms with Gasteiger partial charge in [-0.1, -0.05) is 6.92 Å². The lowest BCUT2D eigenvalue weighted by Crippen LogP contribution is -2.36. The van der Waals surface area contributed by atoms with Crippen molar-refractivity contribution in [3.05, 3.63) is 17.5 Å². The molecule has 19 heavy (non-hydrogen) atoms. The van der Waals surface area contributed by atoms with Crippen molar-refractivity contribution in [1.82, 2.24) is 14.7 Å². The van der Waals surface area contributed by atoms with E-state index in [0.717, 1.165) is 17.8 Å². The van der Waals surface area contributed by atoms with Crippen molar-refractivity contribution < 1.29 is 14.7 Å². The minimum absolute atomic E-state index is 0.142. The second-order valence-corrected chi connectivity index (χ2v) is 4.61. The third-order valence-electron chi connectivity index (χ3n) is 2.81. The molecular formula is C13H21N3O3. The van der Waals surface area contributed by atoms with Gasteiger partial charge < -0.3 is 10.0 Å². The summed E-state index contributed by atoms with van der Waals surface area (Å²) in [5.74, 6) is -1.12. The number of aryl methyl sites for hydroxylation is 3. The van der Waals surface area contributed by atoms with E-state index >= 15 is 0 Å². The molecule has 1 aromatic heterocycles. The van der Waals surface area contributed by atoms with Crippen molar-refractivity contribution in [2.75, 3.05) is 13.1 Å². The molecule has 1 rings (SSSR count). The molecular weight excluding hydrogens is 246 g/mol. The van der Waals surface area contributed by atoms with E-state index in [-0.39, 0.29) is 18.9 Å². The summed E-state index contributed by atoms with van der Waals surface area (Å²) in [6.45, 7) is 6.48. The van der Waals surface area contributed by atoms with Crippen LogP contribution >= 0.6 is 0 Å². The lowest BCUT2D eigenvalue weighted by molar-refractivity contribution is -0.144. The number of carbonyl (C=O) groups excluding carboxylic acids is 1. The summed E-state index contributed by atoms with van der Waals surface area (Å²) in [6.07, 6.45) is 1.02. The second kappa shape index (κ2) is 6.92. The topological polar surface area (TPSA) is 75.4 Å². The van der Waals surface area contributed by atoms with Gasteiger partial charge in [0.2, 0.25) is 5.91 Å². The number of nitrogens with zero attached hydrogens (tertiary/aromatic N) is 3. The van der Waals surface area contributed by atoms with Gasteiger partial charge in [0.25, 0.3) is 0 Å². The maximum absolute atomic E-state index is 12.0. The van der Waals surface area contributed by atoms with Crippen LogP contribution in [0.25, 0.3) is 0 Å². The van der Waals surface area contributed by atoms with Crippen LogP contribution in [0.2, 0.25) is 0 Å². The fourth-order valence-electron chi connectivity index (χ4n) is 1.99. The van der Waals surface area contributed by atoms with Crippen LogP contribution in [0.5, 0.6) is 0 Å². The van der Waals surface area contributed by atoms with E-state index in [9.17, 15) is 9.59 Å². The van der Waals surface area contributed by atoms with Crippen LogP contribution in [0.1, 0.15) is 31.2 Å². The highest BCUT2D eigenvalue weighted by atomic mass is 16.4. The van der Waals surface area contributed by atoms with E-state index in [2.05, 4.69) is 5.10 Å². The average Bonchev–Trinajstić information content (AvgIpc) is 2.63. The van der Waals surface area contributed by atoms with Gasteiger partial charge in [0.15, 0.2) is 0 Å². The molecule has 0 radical (unpaired) electrons. The van der Waals surface area contributed by atoms with E-state index in [1.165, 1.54) is 4.90 Å². The Hall–Kier alpha value is -1.85. The fourth-order valence-corrected chi connectivity index (χ4v) is 1.99. The lowest BCUT2D eigenvalue weighted by Gasteiger charge is -2.20. The van der Waals surface area contributed by atoms with Crippen LogP contribution in [0.4, 0.5) is 0 Å². The number of aromatic nitrogens is 2. The predicted molar refractivity (Wildman–Crippen MR) is 70.8 cm³/mol. The third kappa shape index (κ3) is 4.73. The minimum Gasteiger partial charge on any atom is -0.480 e. The van der Waals surface area contributed by atoms with Gasteiger partial charge in [0, 0.05) is 25.2 Å². The molecule has 0 unspecified atom stereocenters. The van der Waals surface area contributed by atoms with Crippen molar-refractivity contribution in [3.8, 4) is 0 Å². The number of carbonyl (C=O) groups is 2. The third-order valence-corrected chi connectivity index (χ3v) is 2.81. The SMILES string of the molecule is CCCN(CC(=O)O)C(=O)CCn1nc(C)cc1C. The Labute approximate surface area is 113 Å². The molecule has 106 valence electrons. The second-order valence-electron chi connectivity index (χ2n) is 4.61. The van der Waals surface area contributed by atoms with E-state index in [1.807, 2.05) is 26.8 Å². The Morgan fingerprint density at radius 1 is 1.42 bits per heavy atom. The van der Waals surface area contributed by atoms with Crippen molar-refractivity contribution >= 4 is 11.9 Å². The molecule has 0 aliphatic heterocycles. The molecule has 1 N–H and O–H groups in total. The summed E-state index contributed by atoms with van der Waals surface area (Å²) in [6, 6.07) is 1.95. The van der Waals surface area contributed by atoms with Gasteiger partial charge in [-0.05, 0) is 26.3 Å². The van der Waals surface area contributed by atoms with Gasteiger partial charge >= 0.3 is 5.97 Å². The van der Waals surface area contributed by atoms with Crippen LogP contribution in [0.3, 0.4) is 0 Å². The van der Waals surface area contributed by atoms with Gasteiger partial charge in [0.05, 0.1) is 5.69 Å². The van der Waals surface area contributed by atoms with Gasteiger partial charge in [-0.25, -0.2) is 0 Å². The molecule has 0 saturated carbocycles. The zero-order valence-corrected chi connectivity index (χ0v) is 11.7. The van der Waals surface area contributed by atoms with Crippen molar-refractivity contribution in [3.63, 3.8) is 0 Å². The maximum atomic E-state index is 12.0. The Kier molecular flexibility index (Phi) is 5.54.